The average molecular weight is 124 g/mol. The Labute approximate surface area is 49.7 Å². The van der Waals surface area contributed by atoms with Crippen molar-refractivity contribution < 1.29 is 0 Å². The normalized spacial score (nSPS) is 6.86. The van der Waals surface area contributed by atoms with Gasteiger partial charge in [-0.05, 0) is 11.6 Å². The summed E-state index contributed by atoms with van der Waals surface area (Å²) in [7, 11) is 1.31. The SMILES string of the molecule is [Si].c1ccpcc1. The molecule has 0 saturated heterocycles. The van der Waals surface area contributed by atoms with Gasteiger partial charge in [0.15, 0.2) is 0 Å². The molecule has 0 atom stereocenters. The fourth-order valence-electron chi connectivity index (χ4n) is 0.313. The van der Waals surface area contributed by atoms with Crippen molar-refractivity contribution in [2.75, 3.05) is 0 Å². The lowest BCUT2D eigenvalue weighted by atomic mass is 10.6. The van der Waals surface area contributed by atoms with E-state index >= 15 is 0 Å². The molecule has 0 fully saturated rings. The zero-order valence-electron chi connectivity index (χ0n) is 3.83. The average Bonchev–Trinajstić information content (AvgIpc) is 1.72. The Morgan fingerprint density at radius 1 is 0.857 bits per heavy atom. The predicted octanol–water partition coefficient (Wildman–Crippen LogP) is 1.89. The minimum atomic E-state index is 0. The van der Waals surface area contributed by atoms with Gasteiger partial charge in [0.25, 0.3) is 0 Å². The second kappa shape index (κ2) is 4.04. The van der Waals surface area contributed by atoms with Gasteiger partial charge in [0.2, 0.25) is 0 Å². The maximum absolute atomic E-state index is 2.10. The lowest BCUT2D eigenvalue weighted by Gasteiger charge is -1.69. The quantitative estimate of drug-likeness (QED) is 0.463. The van der Waals surface area contributed by atoms with Crippen molar-refractivity contribution in [1.82, 2.24) is 0 Å². The molecular formula is C5H5PSi. The molecule has 0 amide bonds. The summed E-state index contributed by atoms with van der Waals surface area (Å²) in [6, 6.07) is 6.11. The molecule has 1 rings (SSSR count). The van der Waals surface area contributed by atoms with E-state index in [1.807, 2.05) is 18.2 Å². The molecule has 0 aromatic carbocycles. The van der Waals surface area contributed by atoms with Crippen LogP contribution in [-0.2, 0) is 0 Å². The monoisotopic (exact) mass is 124 g/mol. The van der Waals surface area contributed by atoms with Crippen molar-refractivity contribution in [3.8, 4) is 0 Å². The van der Waals surface area contributed by atoms with Crippen LogP contribution in [0.25, 0.3) is 0 Å². The predicted molar refractivity (Wildman–Crippen MR) is 34.7 cm³/mol. The van der Waals surface area contributed by atoms with E-state index in [0.717, 1.165) is 0 Å². The zero-order valence-corrected chi connectivity index (χ0v) is 5.73. The van der Waals surface area contributed by atoms with Crippen LogP contribution in [0.15, 0.2) is 29.8 Å². The van der Waals surface area contributed by atoms with Crippen LogP contribution >= 0.6 is 8.19 Å². The smallest absolute Gasteiger partial charge is 0 e. The van der Waals surface area contributed by atoms with Crippen LogP contribution in [0.1, 0.15) is 0 Å². The van der Waals surface area contributed by atoms with Gasteiger partial charge in [-0.3, -0.25) is 0 Å². The molecule has 0 nitrogen and oxygen atoms in total. The van der Waals surface area contributed by atoms with Crippen LogP contribution in [-0.4, -0.2) is 11.0 Å². The van der Waals surface area contributed by atoms with E-state index in [-0.39, 0.29) is 11.0 Å². The molecule has 4 radical (unpaired) electrons. The van der Waals surface area contributed by atoms with Crippen LogP contribution in [0.4, 0.5) is 0 Å². The third-order valence-corrected chi connectivity index (χ3v) is 1.26. The van der Waals surface area contributed by atoms with E-state index in [1.165, 1.54) is 8.19 Å². The molecular weight excluding hydrogens is 119 g/mol. The summed E-state index contributed by atoms with van der Waals surface area (Å²) >= 11 is 0. The first kappa shape index (κ1) is 6.87. The summed E-state index contributed by atoms with van der Waals surface area (Å²) in [6.45, 7) is 0. The second-order valence-corrected chi connectivity index (χ2v) is 1.92. The topological polar surface area (TPSA) is 0 Å². The van der Waals surface area contributed by atoms with E-state index in [4.69, 9.17) is 0 Å². The Balaban J connectivity index is 0.000000360. The first-order valence-corrected chi connectivity index (χ1v) is 2.88. The molecule has 0 bridgehead atoms. The van der Waals surface area contributed by atoms with E-state index in [0.29, 0.717) is 0 Å². The highest BCUT2D eigenvalue weighted by atomic mass is 31.0. The maximum atomic E-state index is 2.10. The van der Waals surface area contributed by atoms with Crippen LogP contribution in [0, 0.1) is 0 Å². The molecule has 1 aromatic rings. The van der Waals surface area contributed by atoms with Gasteiger partial charge in [-0.2, -0.15) is 0 Å². The number of rotatable bonds is 0. The van der Waals surface area contributed by atoms with Gasteiger partial charge in [-0.15, -0.1) is 0 Å². The largest absolute Gasteiger partial charge is 0.0765 e. The number of hydrogen-bond acceptors (Lipinski definition) is 0. The van der Waals surface area contributed by atoms with Crippen molar-refractivity contribution in [3.63, 3.8) is 0 Å². The highest BCUT2D eigenvalue weighted by molar-refractivity contribution is 7.28. The first-order chi connectivity index (χ1) is 3.00. The maximum Gasteiger partial charge on any atom is 0 e. The Hall–Kier alpha value is -0.133. The van der Waals surface area contributed by atoms with Crippen molar-refractivity contribution in [3.05, 3.63) is 29.8 Å². The Kier molecular flexibility index (Phi) is 3.96. The molecule has 0 unspecified atom stereocenters. The first-order valence-electron chi connectivity index (χ1n) is 1.85. The molecule has 7 heavy (non-hydrogen) atoms. The Morgan fingerprint density at radius 2 is 1.43 bits per heavy atom. The lowest BCUT2D eigenvalue weighted by molar-refractivity contribution is 1.89. The minimum Gasteiger partial charge on any atom is -0.0765 e. The summed E-state index contributed by atoms with van der Waals surface area (Å²) < 4.78 is 0. The van der Waals surface area contributed by atoms with Crippen molar-refractivity contribution in [2.24, 2.45) is 0 Å². The summed E-state index contributed by atoms with van der Waals surface area (Å²) in [4.78, 5) is 0. The fourth-order valence-corrected chi connectivity index (χ4v) is 0.810. The summed E-state index contributed by atoms with van der Waals surface area (Å²) in [5, 5.41) is 0. The molecule has 2 heteroatoms. The van der Waals surface area contributed by atoms with E-state index in [9.17, 15) is 0 Å². The molecule has 0 N–H and O–H groups in total. The van der Waals surface area contributed by atoms with E-state index in [1.54, 1.807) is 0 Å². The molecule has 0 aliphatic carbocycles. The Morgan fingerprint density at radius 3 is 1.57 bits per heavy atom. The molecule has 0 aliphatic rings. The van der Waals surface area contributed by atoms with Gasteiger partial charge in [0.05, 0.1) is 0 Å². The molecule has 1 aromatic heterocycles. The van der Waals surface area contributed by atoms with Crippen molar-refractivity contribution >= 4 is 19.2 Å². The summed E-state index contributed by atoms with van der Waals surface area (Å²) in [6.07, 6.45) is 0. The molecule has 0 aliphatic heterocycles. The molecule has 34 valence electrons. The third-order valence-electron chi connectivity index (χ3n) is 0.566. The fraction of sp³-hybridized carbons (Fsp3) is 0. The van der Waals surface area contributed by atoms with Crippen molar-refractivity contribution in [2.45, 2.75) is 0 Å². The van der Waals surface area contributed by atoms with Crippen LogP contribution in [0.5, 0.6) is 0 Å². The Bertz CT molecular complexity index is 80.0. The standard InChI is InChI=1S/C5H5P.Si/c1-2-4-6-5-3-1;/h1-5H;. The van der Waals surface area contributed by atoms with Gasteiger partial charge >= 0.3 is 0 Å². The van der Waals surface area contributed by atoms with Gasteiger partial charge in [-0.25, -0.2) is 0 Å². The second-order valence-electron chi connectivity index (χ2n) is 1.02. The minimum absolute atomic E-state index is 0. The zero-order chi connectivity index (χ0) is 4.24. The van der Waals surface area contributed by atoms with Crippen LogP contribution in [0.2, 0.25) is 0 Å². The lowest BCUT2D eigenvalue weighted by Crippen LogP contribution is -1.39. The van der Waals surface area contributed by atoms with E-state index in [2.05, 4.69) is 11.6 Å². The van der Waals surface area contributed by atoms with Gasteiger partial charge in [-0.1, -0.05) is 26.4 Å². The van der Waals surface area contributed by atoms with Crippen LogP contribution in [0.3, 0.4) is 0 Å². The summed E-state index contributed by atoms with van der Waals surface area (Å²) in [5.41, 5.74) is 0. The van der Waals surface area contributed by atoms with Crippen LogP contribution < -0.4 is 0 Å². The number of hydrogen-bond donors (Lipinski definition) is 0. The highest BCUT2D eigenvalue weighted by Gasteiger charge is 1.58. The molecule has 0 saturated carbocycles. The van der Waals surface area contributed by atoms with Crippen molar-refractivity contribution in [1.29, 1.82) is 0 Å². The van der Waals surface area contributed by atoms with Gasteiger partial charge < -0.3 is 0 Å². The van der Waals surface area contributed by atoms with Gasteiger partial charge in [0, 0.05) is 11.0 Å². The molecule has 1 heterocycles. The molecule has 0 spiro atoms. The third kappa shape index (κ3) is 2.55. The highest BCUT2D eigenvalue weighted by Crippen LogP contribution is 1.98. The summed E-state index contributed by atoms with van der Waals surface area (Å²) in [5.74, 6) is 4.19. The van der Waals surface area contributed by atoms with Gasteiger partial charge in [0.1, 0.15) is 0 Å². The van der Waals surface area contributed by atoms with E-state index < -0.39 is 0 Å².